The minimum Gasteiger partial charge on any atom is -0.377 e. The van der Waals surface area contributed by atoms with Gasteiger partial charge in [-0.15, -0.1) is 0 Å². The lowest BCUT2D eigenvalue weighted by Gasteiger charge is -2.40. The van der Waals surface area contributed by atoms with Crippen molar-refractivity contribution in [3.8, 4) is 0 Å². The summed E-state index contributed by atoms with van der Waals surface area (Å²) < 4.78 is 19.4. The van der Waals surface area contributed by atoms with Crippen LogP contribution in [0.25, 0.3) is 0 Å². The largest absolute Gasteiger partial charge is 0.377 e. The van der Waals surface area contributed by atoms with Gasteiger partial charge in [0.05, 0.1) is 6.10 Å². The highest BCUT2D eigenvalue weighted by Crippen LogP contribution is 2.52. The fraction of sp³-hybridized carbons (Fsp3) is 0.611. The predicted molar refractivity (Wildman–Crippen MR) is 83.1 cm³/mol. The van der Waals surface area contributed by atoms with Crippen LogP contribution in [-0.2, 0) is 14.9 Å². The smallest absolute Gasteiger partial charge is 0.225 e. The van der Waals surface area contributed by atoms with Crippen molar-refractivity contribution in [2.45, 2.75) is 44.6 Å². The highest BCUT2D eigenvalue weighted by Gasteiger charge is 2.46. The van der Waals surface area contributed by atoms with Gasteiger partial charge in [-0.2, -0.15) is 0 Å². The molecule has 0 aromatic heterocycles. The summed E-state index contributed by atoms with van der Waals surface area (Å²) in [6.07, 6.45) is 2.72. The van der Waals surface area contributed by atoms with E-state index < -0.39 is 0 Å². The third-order valence-corrected chi connectivity index (χ3v) is 5.32. The molecule has 1 aromatic rings. The molecule has 0 bridgehead atoms. The number of hydrogen-bond donors (Lipinski definition) is 0. The van der Waals surface area contributed by atoms with E-state index in [1.165, 1.54) is 6.07 Å². The fourth-order valence-corrected chi connectivity index (χ4v) is 4.05. The van der Waals surface area contributed by atoms with Crippen LogP contribution >= 0.6 is 0 Å². The third kappa shape index (κ3) is 2.43. The highest BCUT2D eigenvalue weighted by atomic mass is 19.1. The third-order valence-electron chi connectivity index (χ3n) is 5.32. The lowest BCUT2D eigenvalue weighted by Crippen LogP contribution is -2.45. The van der Waals surface area contributed by atoms with Crippen molar-refractivity contribution in [3.63, 3.8) is 0 Å². The Labute approximate surface area is 131 Å². The Morgan fingerprint density at radius 2 is 2.05 bits per heavy atom. The highest BCUT2D eigenvalue weighted by molar-refractivity contribution is 5.78. The summed E-state index contributed by atoms with van der Waals surface area (Å²) in [5, 5.41) is 0. The van der Waals surface area contributed by atoms with Crippen molar-refractivity contribution in [1.82, 2.24) is 4.90 Å². The average molecular weight is 305 g/mol. The molecule has 1 saturated heterocycles. The van der Waals surface area contributed by atoms with Crippen LogP contribution < -0.4 is 0 Å². The maximum absolute atomic E-state index is 13.7. The second-order valence-corrected chi connectivity index (χ2v) is 6.92. The first kappa shape index (κ1) is 15.5. The number of carbonyl (C=O) groups is 1. The van der Waals surface area contributed by atoms with Crippen LogP contribution in [0.5, 0.6) is 0 Å². The summed E-state index contributed by atoms with van der Waals surface area (Å²) in [5.74, 6) is 0.0697. The van der Waals surface area contributed by atoms with E-state index in [-0.39, 0.29) is 29.2 Å². The van der Waals surface area contributed by atoms with Crippen LogP contribution in [0.4, 0.5) is 4.39 Å². The van der Waals surface area contributed by atoms with Crippen LogP contribution in [0.1, 0.15) is 50.3 Å². The molecule has 1 spiro atoms. The lowest BCUT2D eigenvalue weighted by molar-refractivity contribution is -0.136. The van der Waals surface area contributed by atoms with Gasteiger partial charge in [0.15, 0.2) is 0 Å². The number of methoxy groups -OCH3 is 1. The summed E-state index contributed by atoms with van der Waals surface area (Å²) >= 11 is 0. The SMILES string of the molecule is CO[C@@H]1CC2(CCN(C(=O)C(C)C)CC2)c2cc(F)ccc21. The number of likely N-dealkylation sites (tertiary alicyclic amines) is 1. The van der Waals surface area contributed by atoms with Crippen molar-refractivity contribution >= 4 is 5.91 Å². The van der Waals surface area contributed by atoms with Gasteiger partial charge in [-0.25, -0.2) is 4.39 Å². The Bertz CT molecular complexity index is 576. The topological polar surface area (TPSA) is 29.5 Å². The van der Waals surface area contributed by atoms with E-state index in [1.54, 1.807) is 13.2 Å². The normalized spacial score (nSPS) is 23.1. The quantitative estimate of drug-likeness (QED) is 0.838. The van der Waals surface area contributed by atoms with Crippen molar-refractivity contribution < 1.29 is 13.9 Å². The van der Waals surface area contributed by atoms with Gasteiger partial charge in [-0.1, -0.05) is 19.9 Å². The number of fused-ring (bicyclic) bond motifs is 2. The van der Waals surface area contributed by atoms with Gasteiger partial charge < -0.3 is 9.64 Å². The molecule has 0 saturated carbocycles. The zero-order valence-corrected chi connectivity index (χ0v) is 13.6. The first-order chi connectivity index (χ1) is 10.5. The number of rotatable bonds is 2. The van der Waals surface area contributed by atoms with E-state index in [1.807, 2.05) is 24.8 Å². The molecule has 3 rings (SSSR count). The first-order valence-corrected chi connectivity index (χ1v) is 8.08. The molecule has 0 unspecified atom stereocenters. The summed E-state index contributed by atoms with van der Waals surface area (Å²) in [6.45, 7) is 5.38. The van der Waals surface area contributed by atoms with Gasteiger partial charge in [0.25, 0.3) is 0 Å². The van der Waals surface area contributed by atoms with Gasteiger partial charge in [-0.3, -0.25) is 4.79 Å². The summed E-state index contributed by atoms with van der Waals surface area (Å²) in [5.41, 5.74) is 2.18. The van der Waals surface area contributed by atoms with Crippen molar-refractivity contribution in [2.75, 3.05) is 20.2 Å². The molecule has 1 aliphatic heterocycles. The number of nitrogens with zero attached hydrogens (tertiary/aromatic N) is 1. The number of hydrogen-bond acceptors (Lipinski definition) is 2. The van der Waals surface area contributed by atoms with Gasteiger partial charge in [-0.05, 0) is 42.5 Å². The maximum Gasteiger partial charge on any atom is 0.225 e. The van der Waals surface area contributed by atoms with Crippen molar-refractivity contribution in [1.29, 1.82) is 0 Å². The second kappa shape index (κ2) is 5.65. The van der Waals surface area contributed by atoms with Gasteiger partial charge in [0.2, 0.25) is 5.91 Å². The zero-order chi connectivity index (χ0) is 15.9. The van der Waals surface area contributed by atoms with E-state index in [4.69, 9.17) is 4.74 Å². The average Bonchev–Trinajstić information content (AvgIpc) is 2.81. The summed E-state index contributed by atoms with van der Waals surface area (Å²) in [4.78, 5) is 14.1. The Hall–Kier alpha value is -1.42. The zero-order valence-electron chi connectivity index (χ0n) is 13.6. The van der Waals surface area contributed by atoms with Gasteiger partial charge in [0.1, 0.15) is 5.82 Å². The first-order valence-electron chi connectivity index (χ1n) is 8.08. The Morgan fingerprint density at radius 1 is 1.36 bits per heavy atom. The molecule has 2 aliphatic rings. The maximum atomic E-state index is 13.7. The number of carbonyl (C=O) groups excluding carboxylic acids is 1. The minimum atomic E-state index is -0.185. The molecular weight excluding hydrogens is 281 g/mol. The molecule has 1 amide bonds. The number of amides is 1. The number of halogens is 1. The Kier molecular flexibility index (Phi) is 3.98. The number of piperidine rings is 1. The molecule has 0 radical (unpaired) electrons. The van der Waals surface area contributed by atoms with Gasteiger partial charge >= 0.3 is 0 Å². The Balaban J connectivity index is 1.85. The molecule has 1 aromatic carbocycles. The standard InChI is InChI=1S/C18H24FNO2/c1-12(2)17(21)20-8-6-18(7-9-20)11-16(22-3)14-5-4-13(19)10-15(14)18/h4-5,10,12,16H,6-9,11H2,1-3H3/t16-/m1/s1. The summed E-state index contributed by atoms with van der Waals surface area (Å²) in [7, 11) is 1.72. The molecule has 3 nitrogen and oxygen atoms in total. The molecular formula is C18H24FNO2. The molecule has 1 heterocycles. The van der Waals surface area contributed by atoms with Crippen molar-refractivity contribution in [2.24, 2.45) is 5.92 Å². The molecule has 120 valence electrons. The van der Waals surface area contributed by atoms with Crippen molar-refractivity contribution in [3.05, 3.63) is 35.1 Å². The molecule has 1 fully saturated rings. The molecule has 22 heavy (non-hydrogen) atoms. The van der Waals surface area contributed by atoms with Crippen LogP contribution in [0.3, 0.4) is 0 Å². The van der Waals surface area contributed by atoms with E-state index in [0.29, 0.717) is 0 Å². The monoisotopic (exact) mass is 305 g/mol. The van der Waals surface area contributed by atoms with Crippen LogP contribution in [-0.4, -0.2) is 31.0 Å². The lowest BCUT2D eigenvalue weighted by atomic mass is 9.73. The molecule has 0 N–H and O–H groups in total. The number of ether oxygens (including phenoxy) is 1. The van der Waals surface area contributed by atoms with E-state index in [0.717, 1.165) is 43.5 Å². The molecule has 1 aliphatic carbocycles. The minimum absolute atomic E-state index is 0.0358. The second-order valence-electron chi connectivity index (χ2n) is 6.92. The van der Waals surface area contributed by atoms with E-state index in [2.05, 4.69) is 0 Å². The Morgan fingerprint density at radius 3 is 2.64 bits per heavy atom. The van der Waals surface area contributed by atoms with E-state index in [9.17, 15) is 9.18 Å². The van der Waals surface area contributed by atoms with Gasteiger partial charge in [0, 0.05) is 31.5 Å². The fourth-order valence-electron chi connectivity index (χ4n) is 4.05. The van der Waals surface area contributed by atoms with E-state index >= 15 is 0 Å². The molecule has 1 atom stereocenters. The summed E-state index contributed by atoms with van der Waals surface area (Å²) in [6, 6.07) is 5.05. The number of benzene rings is 1. The van der Waals surface area contributed by atoms with Crippen LogP contribution in [0, 0.1) is 11.7 Å². The molecule has 4 heteroatoms. The van der Waals surface area contributed by atoms with Crippen LogP contribution in [0.15, 0.2) is 18.2 Å². The predicted octanol–water partition coefficient (Wildman–Crippen LogP) is 3.43. The van der Waals surface area contributed by atoms with Crippen LogP contribution in [0.2, 0.25) is 0 Å².